The van der Waals surface area contributed by atoms with E-state index in [1.807, 2.05) is 13.1 Å². The van der Waals surface area contributed by atoms with Gasteiger partial charge in [-0.3, -0.25) is 0 Å². The van der Waals surface area contributed by atoms with Crippen LogP contribution < -0.4 is 21.2 Å². The Morgan fingerprint density at radius 3 is 3.00 bits per heavy atom. The number of hydrogen-bond donors (Lipinski definition) is 0. The van der Waals surface area contributed by atoms with Crippen molar-refractivity contribution >= 4 is 11.6 Å². The Hall–Kier alpha value is 0.1000. The minimum absolute atomic E-state index is 0.389. The first kappa shape index (κ1) is 7.73. The molecule has 1 aromatic rings. The Labute approximate surface area is 80.6 Å². The van der Waals surface area contributed by atoms with Crippen molar-refractivity contribution in [2.75, 3.05) is 4.43 Å². The van der Waals surface area contributed by atoms with Gasteiger partial charge in [0.15, 0.2) is 0 Å². The maximum absolute atomic E-state index is 5.85. The molecule has 1 fully saturated rings. The Morgan fingerprint density at radius 1 is 1.73 bits per heavy atom. The summed E-state index contributed by atoms with van der Waals surface area (Å²) in [6, 6.07) is 0. The van der Waals surface area contributed by atoms with Crippen molar-refractivity contribution in [3.63, 3.8) is 0 Å². The Kier molecular flexibility index (Phi) is 2.01. The van der Waals surface area contributed by atoms with Crippen LogP contribution in [0, 0.1) is 6.92 Å². The number of aryl methyl sites for hydroxylation is 1. The third kappa shape index (κ3) is 1.64. The molecule has 0 spiro atoms. The van der Waals surface area contributed by atoms with Gasteiger partial charge in [-0.05, 0) is 0 Å². The molecule has 1 aliphatic heterocycles. The van der Waals surface area contributed by atoms with Crippen LogP contribution in [0.2, 0.25) is 5.15 Å². The Balaban J connectivity index is 2.36. The van der Waals surface area contributed by atoms with Gasteiger partial charge in [0.1, 0.15) is 0 Å². The van der Waals surface area contributed by atoms with E-state index in [4.69, 9.17) is 11.6 Å². The van der Waals surface area contributed by atoms with E-state index in [1.165, 1.54) is 4.43 Å². The van der Waals surface area contributed by atoms with Crippen molar-refractivity contribution in [1.29, 1.82) is 0 Å². The van der Waals surface area contributed by atoms with Gasteiger partial charge in [-0.1, -0.05) is 0 Å². The topological polar surface area (TPSA) is 25.8 Å². The van der Waals surface area contributed by atoms with Gasteiger partial charge in [-0.15, -0.1) is 0 Å². The zero-order valence-corrected chi connectivity index (χ0v) is 8.93. The molecule has 0 amide bonds. The van der Waals surface area contributed by atoms with Crippen LogP contribution in [0.25, 0.3) is 0 Å². The standard InChI is InChI=1S/C7H7ClIN2/c1-4-3-10-7(5-2-9-5)11-6(4)8/h3,5H,2H2,1H3/q-1. The van der Waals surface area contributed by atoms with Crippen molar-refractivity contribution in [1.82, 2.24) is 9.97 Å². The first-order valence-corrected chi connectivity index (χ1v) is 6.49. The molecule has 1 aliphatic rings. The van der Waals surface area contributed by atoms with Gasteiger partial charge in [0, 0.05) is 0 Å². The van der Waals surface area contributed by atoms with Gasteiger partial charge in [0.05, 0.1) is 0 Å². The number of alkyl halides is 2. The molecular formula is C7H7ClIN2-. The van der Waals surface area contributed by atoms with E-state index >= 15 is 0 Å². The van der Waals surface area contributed by atoms with Crippen LogP contribution in [0.5, 0.6) is 0 Å². The minimum atomic E-state index is 0.389. The summed E-state index contributed by atoms with van der Waals surface area (Å²) in [5.74, 6) is 0.966. The van der Waals surface area contributed by atoms with E-state index in [2.05, 4.69) is 9.97 Å². The molecule has 0 aliphatic carbocycles. The number of aromatic nitrogens is 2. The fourth-order valence-electron chi connectivity index (χ4n) is 0.767. The molecule has 0 radical (unpaired) electrons. The van der Waals surface area contributed by atoms with Gasteiger partial charge in [0.25, 0.3) is 0 Å². The van der Waals surface area contributed by atoms with Gasteiger partial charge in [-0.2, -0.15) is 0 Å². The molecule has 1 saturated heterocycles. The van der Waals surface area contributed by atoms with Gasteiger partial charge in [-0.25, -0.2) is 0 Å². The SMILES string of the molecule is Cc1cnc(C2C[I-]2)nc1Cl. The van der Waals surface area contributed by atoms with E-state index in [0.717, 1.165) is 11.4 Å². The molecule has 0 N–H and O–H groups in total. The molecule has 2 nitrogen and oxygen atoms in total. The molecular weight excluding hydrogens is 274 g/mol. The second-order valence-corrected chi connectivity index (χ2v) is 6.10. The summed E-state index contributed by atoms with van der Waals surface area (Å²) in [5.41, 5.74) is 0.967. The first-order chi connectivity index (χ1) is 5.27. The summed E-state index contributed by atoms with van der Waals surface area (Å²) in [4.78, 5) is 8.45. The number of nitrogens with zero attached hydrogens (tertiary/aromatic N) is 2. The van der Waals surface area contributed by atoms with Crippen molar-refractivity contribution in [2.24, 2.45) is 0 Å². The maximum atomic E-state index is 5.85. The fourth-order valence-corrected chi connectivity index (χ4v) is 2.24. The molecule has 1 atom stereocenters. The molecule has 11 heavy (non-hydrogen) atoms. The van der Waals surface area contributed by atoms with Gasteiger partial charge >= 0.3 is 80.8 Å². The number of rotatable bonds is 1. The third-order valence-corrected chi connectivity index (χ3v) is 4.22. The van der Waals surface area contributed by atoms with Crippen molar-refractivity contribution in [3.8, 4) is 0 Å². The van der Waals surface area contributed by atoms with E-state index in [-0.39, 0.29) is 0 Å². The summed E-state index contributed by atoms with van der Waals surface area (Å²) in [5, 5.41) is 0.617. The molecule has 2 rings (SSSR count). The van der Waals surface area contributed by atoms with Crippen LogP contribution >= 0.6 is 11.6 Å². The molecule has 60 valence electrons. The molecule has 2 heterocycles. The average Bonchev–Trinajstić information content (AvgIpc) is 2.77. The summed E-state index contributed by atoms with van der Waals surface area (Å²) in [6.07, 6.45) is 1.81. The van der Waals surface area contributed by atoms with E-state index in [1.54, 1.807) is 0 Å². The van der Waals surface area contributed by atoms with E-state index in [9.17, 15) is 0 Å². The second kappa shape index (κ2) is 2.86. The summed E-state index contributed by atoms with van der Waals surface area (Å²) < 4.78 is 2.03. The van der Waals surface area contributed by atoms with Gasteiger partial charge < -0.3 is 0 Å². The summed E-state index contributed by atoms with van der Waals surface area (Å²) in [7, 11) is 0. The molecule has 4 heteroatoms. The molecule has 1 aromatic heterocycles. The predicted octanol–water partition coefficient (Wildman–Crippen LogP) is -1.42. The Bertz CT molecular complexity index is 286. The van der Waals surface area contributed by atoms with Gasteiger partial charge in [0.2, 0.25) is 0 Å². The normalized spacial score (nSPS) is 22.5. The van der Waals surface area contributed by atoms with Crippen LogP contribution in [0.1, 0.15) is 15.3 Å². The monoisotopic (exact) mass is 281 g/mol. The van der Waals surface area contributed by atoms with E-state index in [0.29, 0.717) is 30.3 Å². The zero-order valence-electron chi connectivity index (χ0n) is 6.01. The second-order valence-electron chi connectivity index (χ2n) is 2.48. The van der Waals surface area contributed by atoms with Crippen LogP contribution in [-0.4, -0.2) is 14.4 Å². The number of hydrogen-bond acceptors (Lipinski definition) is 2. The van der Waals surface area contributed by atoms with Crippen LogP contribution in [0.15, 0.2) is 6.20 Å². The fraction of sp³-hybridized carbons (Fsp3) is 0.429. The average molecular weight is 282 g/mol. The van der Waals surface area contributed by atoms with Crippen molar-refractivity contribution in [3.05, 3.63) is 22.7 Å². The van der Waals surface area contributed by atoms with Crippen LogP contribution in [0.4, 0.5) is 0 Å². The molecule has 0 saturated carbocycles. The molecule has 0 aromatic carbocycles. The quantitative estimate of drug-likeness (QED) is 0.359. The van der Waals surface area contributed by atoms with Crippen LogP contribution in [0.3, 0.4) is 0 Å². The number of halogens is 2. The third-order valence-electron chi connectivity index (χ3n) is 1.52. The van der Waals surface area contributed by atoms with E-state index < -0.39 is 0 Å². The van der Waals surface area contributed by atoms with Crippen molar-refractivity contribution in [2.45, 2.75) is 10.8 Å². The molecule has 1 unspecified atom stereocenters. The Morgan fingerprint density at radius 2 is 2.45 bits per heavy atom. The molecule has 0 bridgehead atoms. The predicted molar refractivity (Wildman–Crippen MR) is 39.4 cm³/mol. The van der Waals surface area contributed by atoms with Crippen LogP contribution in [-0.2, 0) is 0 Å². The summed E-state index contributed by atoms with van der Waals surface area (Å²) in [6.45, 7) is 1.92. The van der Waals surface area contributed by atoms with Crippen molar-refractivity contribution < 1.29 is 21.2 Å². The first-order valence-electron chi connectivity index (χ1n) is 3.34. The zero-order chi connectivity index (χ0) is 7.84. The summed E-state index contributed by atoms with van der Waals surface area (Å²) >= 11 is 6.24.